The molecule has 140 valence electrons. The molecule has 0 aliphatic heterocycles. The number of methoxy groups -OCH3 is 1. The van der Waals surface area contributed by atoms with E-state index in [0.29, 0.717) is 16.5 Å². The average molecular weight is 462 g/mol. The van der Waals surface area contributed by atoms with Gasteiger partial charge in [-0.3, -0.25) is 4.79 Å². The molecule has 0 unspecified atom stereocenters. The third-order valence-corrected chi connectivity index (χ3v) is 5.52. The SMILES string of the molecule is COc1ccc(NC(=O)CN(Cc2ccc(Br)cc2)S(C)(=O)=O)cc1Cl. The van der Waals surface area contributed by atoms with Gasteiger partial charge in [0, 0.05) is 16.7 Å². The molecule has 9 heteroatoms. The molecule has 26 heavy (non-hydrogen) atoms. The molecule has 0 aliphatic carbocycles. The standard InChI is InChI=1S/C17H18BrClN2O4S/c1-25-16-8-7-14(9-15(16)19)20-17(22)11-21(26(2,23)24)10-12-3-5-13(18)6-4-12/h3-9H,10-11H2,1-2H3,(H,20,22). The van der Waals surface area contributed by atoms with E-state index in [4.69, 9.17) is 16.3 Å². The van der Waals surface area contributed by atoms with E-state index in [1.54, 1.807) is 24.3 Å². The highest BCUT2D eigenvalue weighted by molar-refractivity contribution is 9.10. The summed E-state index contributed by atoms with van der Waals surface area (Å²) in [7, 11) is -2.07. The number of ether oxygens (including phenoxy) is 1. The molecule has 0 fully saturated rings. The maximum atomic E-state index is 12.3. The second kappa shape index (κ2) is 8.85. The summed E-state index contributed by atoms with van der Waals surface area (Å²) in [6.45, 7) is -0.207. The predicted octanol–water partition coefficient (Wildman–Crippen LogP) is 3.51. The number of amides is 1. The van der Waals surface area contributed by atoms with Gasteiger partial charge in [0.15, 0.2) is 0 Å². The highest BCUT2D eigenvalue weighted by atomic mass is 79.9. The molecule has 2 aromatic carbocycles. The van der Waals surface area contributed by atoms with Gasteiger partial charge in [-0.05, 0) is 35.9 Å². The van der Waals surface area contributed by atoms with Crippen LogP contribution in [0.2, 0.25) is 5.02 Å². The first-order chi connectivity index (χ1) is 12.2. The minimum Gasteiger partial charge on any atom is -0.495 e. The Morgan fingerprint density at radius 3 is 2.42 bits per heavy atom. The van der Waals surface area contributed by atoms with E-state index in [-0.39, 0.29) is 13.1 Å². The lowest BCUT2D eigenvalue weighted by molar-refractivity contribution is -0.116. The molecule has 0 saturated carbocycles. The van der Waals surface area contributed by atoms with Crippen molar-refractivity contribution < 1.29 is 17.9 Å². The van der Waals surface area contributed by atoms with E-state index in [1.807, 2.05) is 12.1 Å². The number of nitrogens with zero attached hydrogens (tertiary/aromatic N) is 1. The number of halogens is 2. The smallest absolute Gasteiger partial charge is 0.239 e. The van der Waals surface area contributed by atoms with E-state index < -0.39 is 15.9 Å². The van der Waals surface area contributed by atoms with Crippen molar-refractivity contribution in [2.24, 2.45) is 0 Å². The summed E-state index contributed by atoms with van der Waals surface area (Å²) in [5.74, 6) is 0.0198. The lowest BCUT2D eigenvalue weighted by atomic mass is 10.2. The zero-order chi connectivity index (χ0) is 19.3. The Labute approximate surface area is 166 Å². The lowest BCUT2D eigenvalue weighted by Gasteiger charge is -2.20. The third kappa shape index (κ3) is 5.98. The van der Waals surface area contributed by atoms with Crippen LogP contribution in [-0.4, -0.2) is 38.5 Å². The monoisotopic (exact) mass is 460 g/mol. The molecule has 0 aliphatic rings. The first kappa shape index (κ1) is 20.7. The molecule has 0 aromatic heterocycles. The number of anilines is 1. The summed E-state index contributed by atoms with van der Waals surface area (Å²) in [5, 5.41) is 2.99. The molecule has 6 nitrogen and oxygen atoms in total. The predicted molar refractivity (Wildman–Crippen MR) is 106 cm³/mol. The Morgan fingerprint density at radius 1 is 1.23 bits per heavy atom. The van der Waals surface area contributed by atoms with Crippen molar-refractivity contribution in [3.8, 4) is 5.75 Å². The molecule has 2 aromatic rings. The van der Waals surface area contributed by atoms with Crippen molar-refractivity contribution in [2.45, 2.75) is 6.54 Å². The molecule has 0 saturated heterocycles. The Morgan fingerprint density at radius 2 is 1.88 bits per heavy atom. The van der Waals surface area contributed by atoms with E-state index in [0.717, 1.165) is 20.6 Å². The van der Waals surface area contributed by atoms with Gasteiger partial charge >= 0.3 is 0 Å². The van der Waals surface area contributed by atoms with Gasteiger partial charge < -0.3 is 10.1 Å². The van der Waals surface area contributed by atoms with E-state index in [1.165, 1.54) is 13.2 Å². The van der Waals surface area contributed by atoms with Crippen molar-refractivity contribution in [3.63, 3.8) is 0 Å². The minimum absolute atomic E-state index is 0.100. The summed E-state index contributed by atoms with van der Waals surface area (Å²) in [5.41, 5.74) is 1.23. The van der Waals surface area contributed by atoms with Crippen molar-refractivity contribution in [1.82, 2.24) is 4.31 Å². The number of rotatable bonds is 7. The van der Waals surface area contributed by atoms with E-state index in [2.05, 4.69) is 21.2 Å². The molecule has 1 amide bonds. The second-order valence-corrected chi connectivity index (χ2v) is 8.86. The van der Waals surface area contributed by atoms with Crippen LogP contribution in [0.15, 0.2) is 46.9 Å². The van der Waals surface area contributed by atoms with Gasteiger partial charge in [-0.2, -0.15) is 4.31 Å². The Bertz CT molecular complexity index is 888. The fourth-order valence-electron chi connectivity index (χ4n) is 2.19. The number of hydrogen-bond donors (Lipinski definition) is 1. The summed E-state index contributed by atoms with van der Waals surface area (Å²) in [4.78, 5) is 12.3. The highest BCUT2D eigenvalue weighted by Crippen LogP contribution is 2.27. The Balaban J connectivity index is 2.09. The third-order valence-electron chi connectivity index (χ3n) is 3.50. The molecule has 0 atom stereocenters. The van der Waals surface area contributed by atoms with Crippen LogP contribution in [0.5, 0.6) is 5.75 Å². The van der Waals surface area contributed by atoms with Crippen LogP contribution in [0.3, 0.4) is 0 Å². The first-order valence-electron chi connectivity index (χ1n) is 7.52. The number of hydrogen-bond acceptors (Lipinski definition) is 4. The van der Waals surface area contributed by atoms with Crippen molar-refractivity contribution in [2.75, 3.05) is 25.2 Å². The average Bonchev–Trinajstić information content (AvgIpc) is 2.55. The topological polar surface area (TPSA) is 75.7 Å². The summed E-state index contributed by atoms with van der Waals surface area (Å²) >= 11 is 9.35. The van der Waals surface area contributed by atoms with Crippen LogP contribution in [0.4, 0.5) is 5.69 Å². The number of nitrogens with one attached hydrogen (secondary N) is 1. The summed E-state index contributed by atoms with van der Waals surface area (Å²) < 4.78 is 31.1. The number of benzene rings is 2. The molecule has 1 N–H and O–H groups in total. The van der Waals surface area contributed by atoms with Crippen LogP contribution < -0.4 is 10.1 Å². The van der Waals surface area contributed by atoms with Crippen LogP contribution in [0, 0.1) is 0 Å². The van der Waals surface area contributed by atoms with Crippen LogP contribution in [0.1, 0.15) is 5.56 Å². The maximum absolute atomic E-state index is 12.3. The highest BCUT2D eigenvalue weighted by Gasteiger charge is 2.21. The second-order valence-electron chi connectivity index (χ2n) is 5.56. The van der Waals surface area contributed by atoms with Crippen molar-refractivity contribution in [1.29, 1.82) is 0 Å². The molecular weight excluding hydrogens is 444 g/mol. The van der Waals surface area contributed by atoms with Gasteiger partial charge in [0.05, 0.1) is 24.9 Å². The van der Waals surface area contributed by atoms with Crippen molar-refractivity contribution >= 4 is 49.1 Å². The molecule has 0 radical (unpaired) electrons. The van der Waals surface area contributed by atoms with E-state index >= 15 is 0 Å². The fourth-order valence-corrected chi connectivity index (χ4v) is 3.45. The van der Waals surface area contributed by atoms with Gasteiger partial charge in [-0.1, -0.05) is 39.7 Å². The van der Waals surface area contributed by atoms with Crippen LogP contribution in [0.25, 0.3) is 0 Å². The van der Waals surface area contributed by atoms with Crippen molar-refractivity contribution in [3.05, 3.63) is 57.5 Å². The van der Waals surface area contributed by atoms with Crippen LogP contribution in [-0.2, 0) is 21.4 Å². The van der Waals surface area contributed by atoms with Gasteiger partial charge in [0.25, 0.3) is 0 Å². The van der Waals surface area contributed by atoms with Gasteiger partial charge in [0.2, 0.25) is 15.9 Å². The fraction of sp³-hybridized carbons (Fsp3) is 0.235. The first-order valence-corrected chi connectivity index (χ1v) is 10.5. The molecule has 0 heterocycles. The van der Waals surface area contributed by atoms with Gasteiger partial charge in [-0.15, -0.1) is 0 Å². The summed E-state index contributed by atoms with van der Waals surface area (Å²) in [6.07, 6.45) is 1.07. The van der Waals surface area contributed by atoms with Gasteiger partial charge in [-0.25, -0.2) is 8.42 Å². The number of sulfonamides is 1. The zero-order valence-electron chi connectivity index (χ0n) is 14.2. The summed E-state index contributed by atoms with van der Waals surface area (Å²) in [6, 6.07) is 12.0. The quantitative estimate of drug-likeness (QED) is 0.684. The van der Waals surface area contributed by atoms with Crippen LogP contribution >= 0.6 is 27.5 Å². The zero-order valence-corrected chi connectivity index (χ0v) is 17.4. The largest absolute Gasteiger partial charge is 0.495 e. The van der Waals surface area contributed by atoms with Gasteiger partial charge in [0.1, 0.15) is 5.75 Å². The molecular formula is C17H18BrClN2O4S. The Hall–Kier alpha value is -1.61. The normalized spacial score (nSPS) is 11.4. The van der Waals surface area contributed by atoms with E-state index in [9.17, 15) is 13.2 Å². The molecule has 0 spiro atoms. The minimum atomic E-state index is -3.56. The maximum Gasteiger partial charge on any atom is 0.239 e. The number of carbonyl (C=O) groups excluding carboxylic acids is 1. The number of carbonyl (C=O) groups is 1. The lowest BCUT2D eigenvalue weighted by Crippen LogP contribution is -2.36. The Kier molecular flexibility index (Phi) is 7.05. The molecule has 2 rings (SSSR count). The molecule has 0 bridgehead atoms.